The maximum atomic E-state index is 12.3. The van der Waals surface area contributed by atoms with Crippen LogP contribution < -0.4 is 5.32 Å². The fourth-order valence-corrected chi connectivity index (χ4v) is 2.98. The number of likely N-dealkylation sites (tertiary alicyclic amines) is 1. The summed E-state index contributed by atoms with van der Waals surface area (Å²) in [5.74, 6) is -1.64. The monoisotopic (exact) mass is 318 g/mol. The average molecular weight is 318 g/mol. The molecule has 0 aromatic heterocycles. The maximum Gasteiger partial charge on any atom is 0.313 e. The first-order chi connectivity index (χ1) is 11.0. The molecule has 0 atom stereocenters. The third kappa shape index (κ3) is 3.38. The molecule has 1 aromatic carbocycles. The molecule has 2 heterocycles. The van der Waals surface area contributed by atoms with Crippen LogP contribution in [-0.2, 0) is 19.1 Å². The molecule has 6 nitrogen and oxygen atoms in total. The van der Waals surface area contributed by atoms with Crippen LogP contribution in [0.5, 0.6) is 0 Å². The van der Waals surface area contributed by atoms with Gasteiger partial charge in [-0.15, -0.1) is 0 Å². The van der Waals surface area contributed by atoms with Crippen molar-refractivity contribution in [1.29, 1.82) is 0 Å². The average Bonchev–Trinajstić information content (AvgIpc) is 2.99. The Morgan fingerprint density at radius 1 is 1.09 bits per heavy atom. The number of aryl methyl sites for hydroxylation is 2. The van der Waals surface area contributed by atoms with Crippen molar-refractivity contribution in [2.75, 3.05) is 31.6 Å². The number of carbonyl (C=O) groups excluding carboxylic acids is 2. The number of hydrogen-bond acceptors (Lipinski definition) is 4. The topological polar surface area (TPSA) is 67.9 Å². The molecule has 2 saturated heterocycles. The van der Waals surface area contributed by atoms with Gasteiger partial charge >= 0.3 is 11.8 Å². The molecule has 0 bridgehead atoms. The highest BCUT2D eigenvalue weighted by Crippen LogP contribution is 2.31. The van der Waals surface area contributed by atoms with Crippen LogP contribution >= 0.6 is 0 Å². The molecule has 23 heavy (non-hydrogen) atoms. The first-order valence-electron chi connectivity index (χ1n) is 7.95. The van der Waals surface area contributed by atoms with Crippen molar-refractivity contribution in [3.63, 3.8) is 0 Å². The minimum absolute atomic E-state index is 0.471. The number of amides is 2. The molecule has 124 valence electrons. The largest absolute Gasteiger partial charge is 0.347 e. The van der Waals surface area contributed by atoms with E-state index in [0.29, 0.717) is 44.8 Å². The SMILES string of the molecule is Cc1ccc(NC(=O)C(=O)N2CCC3(CC2)OCCO3)cc1C. The lowest BCUT2D eigenvalue weighted by molar-refractivity contribution is -0.187. The molecule has 2 aliphatic heterocycles. The minimum Gasteiger partial charge on any atom is -0.347 e. The van der Waals surface area contributed by atoms with E-state index in [1.165, 1.54) is 0 Å². The van der Waals surface area contributed by atoms with Crippen LogP contribution in [-0.4, -0.2) is 48.8 Å². The number of anilines is 1. The van der Waals surface area contributed by atoms with E-state index in [-0.39, 0.29) is 0 Å². The fourth-order valence-electron chi connectivity index (χ4n) is 2.98. The van der Waals surface area contributed by atoms with E-state index < -0.39 is 17.6 Å². The van der Waals surface area contributed by atoms with Gasteiger partial charge in [-0.1, -0.05) is 6.07 Å². The Morgan fingerprint density at radius 3 is 2.35 bits per heavy atom. The number of nitrogens with one attached hydrogen (secondary N) is 1. The van der Waals surface area contributed by atoms with Gasteiger partial charge in [-0.25, -0.2) is 0 Å². The Bertz CT molecular complexity index is 613. The Labute approximate surface area is 135 Å². The van der Waals surface area contributed by atoms with Gasteiger partial charge in [0.05, 0.1) is 13.2 Å². The van der Waals surface area contributed by atoms with E-state index in [9.17, 15) is 9.59 Å². The second-order valence-corrected chi connectivity index (χ2v) is 6.15. The molecule has 3 rings (SSSR count). The van der Waals surface area contributed by atoms with Crippen LogP contribution in [0.15, 0.2) is 18.2 Å². The van der Waals surface area contributed by atoms with Gasteiger partial charge in [-0.2, -0.15) is 0 Å². The lowest BCUT2D eigenvalue weighted by Gasteiger charge is -2.37. The van der Waals surface area contributed by atoms with Gasteiger partial charge in [-0.3, -0.25) is 9.59 Å². The number of carbonyl (C=O) groups is 2. The van der Waals surface area contributed by atoms with E-state index in [2.05, 4.69) is 5.32 Å². The second kappa shape index (κ2) is 6.29. The summed E-state index contributed by atoms with van der Waals surface area (Å²) in [7, 11) is 0. The molecular formula is C17H22N2O4. The first kappa shape index (κ1) is 16.0. The van der Waals surface area contributed by atoms with Gasteiger partial charge < -0.3 is 19.7 Å². The van der Waals surface area contributed by atoms with Gasteiger partial charge in [-0.05, 0) is 37.1 Å². The zero-order valence-corrected chi connectivity index (χ0v) is 13.6. The van der Waals surface area contributed by atoms with E-state index in [0.717, 1.165) is 11.1 Å². The predicted molar refractivity (Wildman–Crippen MR) is 85.0 cm³/mol. The van der Waals surface area contributed by atoms with Crippen LogP contribution in [0.3, 0.4) is 0 Å². The molecule has 6 heteroatoms. The van der Waals surface area contributed by atoms with Crippen molar-refractivity contribution in [1.82, 2.24) is 4.90 Å². The first-order valence-corrected chi connectivity index (χ1v) is 7.95. The van der Waals surface area contributed by atoms with Gasteiger partial charge in [0.25, 0.3) is 0 Å². The lowest BCUT2D eigenvalue weighted by Crippen LogP contribution is -2.50. The summed E-state index contributed by atoms with van der Waals surface area (Å²) in [6, 6.07) is 5.60. The summed E-state index contributed by atoms with van der Waals surface area (Å²) < 4.78 is 11.3. The highest BCUT2D eigenvalue weighted by atomic mass is 16.7. The van der Waals surface area contributed by atoms with Gasteiger partial charge in [0.15, 0.2) is 5.79 Å². The Kier molecular flexibility index (Phi) is 4.37. The van der Waals surface area contributed by atoms with Gasteiger partial charge in [0, 0.05) is 31.6 Å². The van der Waals surface area contributed by atoms with E-state index in [1.807, 2.05) is 26.0 Å². The van der Waals surface area contributed by atoms with Crippen molar-refractivity contribution in [3.05, 3.63) is 29.3 Å². The molecule has 1 spiro atoms. The Hall–Kier alpha value is -1.92. The Balaban J connectivity index is 1.57. The quantitative estimate of drug-likeness (QED) is 0.799. The molecule has 0 radical (unpaired) electrons. The fraction of sp³-hybridized carbons (Fsp3) is 0.529. The standard InChI is InChI=1S/C17H22N2O4/c1-12-3-4-14(11-13(12)2)18-15(20)16(21)19-7-5-17(6-8-19)22-9-10-23-17/h3-4,11H,5-10H2,1-2H3,(H,18,20). The molecule has 1 aromatic rings. The molecule has 0 unspecified atom stereocenters. The van der Waals surface area contributed by atoms with Crippen LogP contribution in [0, 0.1) is 13.8 Å². The van der Waals surface area contributed by atoms with Crippen LogP contribution in [0.25, 0.3) is 0 Å². The normalized spacial score (nSPS) is 19.8. The van der Waals surface area contributed by atoms with E-state index in [4.69, 9.17) is 9.47 Å². The third-order valence-corrected chi connectivity index (χ3v) is 4.59. The summed E-state index contributed by atoms with van der Waals surface area (Å²) in [5.41, 5.74) is 2.86. The smallest absolute Gasteiger partial charge is 0.313 e. The number of benzene rings is 1. The summed E-state index contributed by atoms with van der Waals surface area (Å²) >= 11 is 0. The number of hydrogen-bond donors (Lipinski definition) is 1. The van der Waals surface area contributed by atoms with Crippen molar-refractivity contribution in [2.45, 2.75) is 32.5 Å². The van der Waals surface area contributed by atoms with Crippen LogP contribution in [0.1, 0.15) is 24.0 Å². The van der Waals surface area contributed by atoms with Crippen molar-refractivity contribution >= 4 is 17.5 Å². The van der Waals surface area contributed by atoms with Gasteiger partial charge in [0.1, 0.15) is 0 Å². The van der Waals surface area contributed by atoms with Crippen molar-refractivity contribution in [3.8, 4) is 0 Å². The molecule has 0 saturated carbocycles. The van der Waals surface area contributed by atoms with Gasteiger partial charge in [0.2, 0.25) is 0 Å². The number of ether oxygens (including phenoxy) is 2. The summed E-state index contributed by atoms with van der Waals surface area (Å²) in [5, 5.41) is 2.68. The van der Waals surface area contributed by atoms with Crippen molar-refractivity contribution < 1.29 is 19.1 Å². The highest BCUT2D eigenvalue weighted by molar-refractivity contribution is 6.39. The molecule has 0 aliphatic carbocycles. The molecule has 2 fully saturated rings. The van der Waals surface area contributed by atoms with E-state index in [1.54, 1.807) is 11.0 Å². The zero-order valence-electron chi connectivity index (χ0n) is 13.6. The zero-order chi connectivity index (χ0) is 16.4. The number of nitrogens with zero attached hydrogens (tertiary/aromatic N) is 1. The molecule has 2 amide bonds. The van der Waals surface area contributed by atoms with Crippen LogP contribution in [0.2, 0.25) is 0 Å². The highest BCUT2D eigenvalue weighted by Gasteiger charge is 2.41. The predicted octanol–water partition coefficient (Wildman–Crippen LogP) is 1.61. The summed E-state index contributed by atoms with van der Waals surface area (Å²) in [6.07, 6.45) is 1.21. The Morgan fingerprint density at radius 2 is 1.74 bits per heavy atom. The van der Waals surface area contributed by atoms with Crippen LogP contribution in [0.4, 0.5) is 5.69 Å². The van der Waals surface area contributed by atoms with Crippen molar-refractivity contribution in [2.24, 2.45) is 0 Å². The molecule has 1 N–H and O–H groups in total. The third-order valence-electron chi connectivity index (χ3n) is 4.59. The van der Waals surface area contributed by atoms with E-state index >= 15 is 0 Å². The lowest BCUT2D eigenvalue weighted by atomic mass is 10.0. The number of piperidine rings is 1. The summed E-state index contributed by atoms with van der Waals surface area (Å²) in [6.45, 7) is 6.11. The molecular weight excluding hydrogens is 296 g/mol. The maximum absolute atomic E-state index is 12.3. The number of rotatable bonds is 1. The second-order valence-electron chi connectivity index (χ2n) is 6.15. The minimum atomic E-state index is -0.600. The molecule has 2 aliphatic rings. The summed E-state index contributed by atoms with van der Waals surface area (Å²) in [4.78, 5) is 26.0.